The van der Waals surface area contributed by atoms with Gasteiger partial charge in [0.25, 0.3) is 0 Å². The molecule has 0 N–H and O–H groups in total. The molecule has 1 radical (unpaired) electrons. The molecule has 0 spiro atoms. The van der Waals surface area contributed by atoms with Crippen molar-refractivity contribution in [3.05, 3.63) is 59.0 Å². The maximum absolute atomic E-state index is 3.41. The number of fused-ring (bicyclic) bond motifs is 5. The lowest BCUT2D eigenvalue weighted by Crippen LogP contribution is -2.37. The van der Waals surface area contributed by atoms with Crippen molar-refractivity contribution in [2.75, 3.05) is 0 Å². The zero-order valence-electron chi connectivity index (χ0n) is 11.3. The Morgan fingerprint density at radius 1 is 0.850 bits per heavy atom. The van der Waals surface area contributed by atoms with Crippen LogP contribution in [-0.2, 0) is 0 Å². The van der Waals surface area contributed by atoms with Crippen LogP contribution in [0.4, 0.5) is 0 Å². The van der Waals surface area contributed by atoms with Crippen molar-refractivity contribution >= 4 is 33.7 Å². The molecular formula is C20H15. The molecule has 2 unspecified atom stereocenters. The zero-order chi connectivity index (χ0) is 13.1. The van der Waals surface area contributed by atoms with Gasteiger partial charge in [-0.1, -0.05) is 36.4 Å². The topological polar surface area (TPSA) is 0 Å². The fourth-order valence-electron chi connectivity index (χ4n) is 3.72. The van der Waals surface area contributed by atoms with Gasteiger partial charge in [-0.25, -0.2) is 0 Å². The van der Waals surface area contributed by atoms with Crippen LogP contribution in [0.3, 0.4) is 0 Å². The molecule has 0 aromatic heterocycles. The van der Waals surface area contributed by atoms with Gasteiger partial charge in [0.1, 0.15) is 0 Å². The number of benzene rings is 3. The van der Waals surface area contributed by atoms with E-state index in [4.69, 9.17) is 0 Å². The molecule has 0 saturated heterocycles. The first-order chi connectivity index (χ1) is 9.88. The lowest BCUT2D eigenvalue weighted by molar-refractivity contribution is 0.320. The van der Waals surface area contributed by atoms with Crippen LogP contribution < -0.4 is 10.4 Å². The van der Waals surface area contributed by atoms with Crippen molar-refractivity contribution in [3.63, 3.8) is 0 Å². The van der Waals surface area contributed by atoms with Crippen LogP contribution in [0.5, 0.6) is 0 Å². The average molecular weight is 255 g/mol. The first-order valence-corrected chi connectivity index (χ1v) is 7.45. The van der Waals surface area contributed by atoms with Gasteiger partial charge in [0.2, 0.25) is 0 Å². The van der Waals surface area contributed by atoms with Gasteiger partial charge in [-0.2, -0.15) is 0 Å². The SMILES string of the molecule is [c]1cc2cc3c(cc2c2ccccc12)=CC1CCC1C=3. The molecule has 2 aliphatic rings. The van der Waals surface area contributed by atoms with Crippen molar-refractivity contribution in [1.82, 2.24) is 0 Å². The van der Waals surface area contributed by atoms with Crippen LogP contribution in [-0.4, -0.2) is 0 Å². The Kier molecular flexibility index (Phi) is 1.99. The highest BCUT2D eigenvalue weighted by Crippen LogP contribution is 2.37. The van der Waals surface area contributed by atoms with E-state index in [9.17, 15) is 0 Å². The monoisotopic (exact) mass is 255 g/mol. The molecule has 20 heavy (non-hydrogen) atoms. The second-order valence-electron chi connectivity index (χ2n) is 6.14. The first-order valence-electron chi connectivity index (χ1n) is 7.45. The molecule has 0 nitrogen and oxygen atoms in total. The van der Waals surface area contributed by atoms with Crippen LogP contribution in [0.25, 0.3) is 33.7 Å². The zero-order valence-corrected chi connectivity index (χ0v) is 11.3. The van der Waals surface area contributed by atoms with E-state index in [2.05, 4.69) is 60.7 Å². The fraction of sp³-hybridized carbons (Fsp3) is 0.200. The summed E-state index contributed by atoms with van der Waals surface area (Å²) in [6.07, 6.45) is 7.71. The predicted octanol–water partition coefficient (Wildman–Crippen LogP) is 3.39. The van der Waals surface area contributed by atoms with Crippen molar-refractivity contribution in [2.45, 2.75) is 12.8 Å². The smallest absolute Gasteiger partial charge is 0.00926 e. The molecule has 2 aliphatic carbocycles. The summed E-state index contributed by atoms with van der Waals surface area (Å²) in [4.78, 5) is 0. The van der Waals surface area contributed by atoms with E-state index in [0.717, 1.165) is 11.8 Å². The summed E-state index contributed by atoms with van der Waals surface area (Å²) in [6.45, 7) is 0. The number of rotatable bonds is 0. The van der Waals surface area contributed by atoms with E-state index in [-0.39, 0.29) is 0 Å². The Bertz CT molecular complexity index is 962. The largest absolute Gasteiger partial charge is 0.0729 e. The maximum atomic E-state index is 3.41. The van der Waals surface area contributed by atoms with Gasteiger partial charge in [0.05, 0.1) is 0 Å². The molecule has 1 saturated carbocycles. The molecule has 0 heterocycles. The lowest BCUT2D eigenvalue weighted by atomic mass is 9.71. The summed E-state index contributed by atoms with van der Waals surface area (Å²) in [7, 11) is 0. The number of hydrogen-bond donors (Lipinski definition) is 0. The second kappa shape index (κ2) is 3.73. The molecule has 3 aromatic carbocycles. The van der Waals surface area contributed by atoms with E-state index >= 15 is 0 Å². The summed E-state index contributed by atoms with van der Waals surface area (Å²) in [5.41, 5.74) is 0. The van der Waals surface area contributed by atoms with Gasteiger partial charge >= 0.3 is 0 Å². The first kappa shape index (κ1) is 10.7. The quantitative estimate of drug-likeness (QED) is 0.540. The molecule has 1 fully saturated rings. The lowest BCUT2D eigenvalue weighted by Gasteiger charge is -2.34. The minimum Gasteiger partial charge on any atom is -0.0729 e. The van der Waals surface area contributed by atoms with E-state index < -0.39 is 0 Å². The minimum absolute atomic E-state index is 0.793. The van der Waals surface area contributed by atoms with Gasteiger partial charge in [0, 0.05) is 0 Å². The molecule has 0 aliphatic heterocycles. The van der Waals surface area contributed by atoms with Gasteiger partial charge in [-0.3, -0.25) is 0 Å². The highest BCUT2D eigenvalue weighted by atomic mass is 14.3. The second-order valence-corrected chi connectivity index (χ2v) is 6.14. The Labute approximate surface area is 118 Å². The van der Waals surface area contributed by atoms with Crippen LogP contribution in [0.1, 0.15) is 12.8 Å². The van der Waals surface area contributed by atoms with Crippen molar-refractivity contribution in [2.24, 2.45) is 11.8 Å². The molecule has 0 amide bonds. The predicted molar refractivity (Wildman–Crippen MR) is 84.7 cm³/mol. The van der Waals surface area contributed by atoms with Crippen LogP contribution in [0.15, 0.2) is 42.5 Å². The molecule has 3 aromatic rings. The van der Waals surface area contributed by atoms with Crippen LogP contribution in [0, 0.1) is 17.9 Å². The summed E-state index contributed by atoms with van der Waals surface area (Å²) in [6, 6.07) is 18.8. The molecular weight excluding hydrogens is 240 g/mol. The molecule has 5 rings (SSSR count). The molecule has 2 atom stereocenters. The standard InChI is InChI=1S/C20H15/c1-2-4-19-13(3-1)5-8-16-11-17-9-14-6-7-15(14)10-18(17)12-20(16)19/h1-4,8-12,14-15H,6-7H2. The normalized spacial score (nSPS) is 23.4. The molecule has 95 valence electrons. The Balaban J connectivity index is 1.95. The summed E-state index contributed by atoms with van der Waals surface area (Å²) in [5, 5.41) is 8.04. The maximum Gasteiger partial charge on any atom is -0.00926 e. The Morgan fingerprint density at radius 2 is 1.60 bits per heavy atom. The Hall–Kier alpha value is -2.08. The van der Waals surface area contributed by atoms with Crippen molar-refractivity contribution in [1.29, 1.82) is 0 Å². The van der Waals surface area contributed by atoms with Crippen LogP contribution in [0.2, 0.25) is 0 Å². The van der Waals surface area contributed by atoms with Gasteiger partial charge in [-0.05, 0) is 80.9 Å². The van der Waals surface area contributed by atoms with E-state index in [1.807, 2.05) is 0 Å². The van der Waals surface area contributed by atoms with E-state index in [1.165, 1.54) is 44.8 Å². The molecule has 0 bridgehead atoms. The fourth-order valence-corrected chi connectivity index (χ4v) is 3.72. The third-order valence-electron chi connectivity index (χ3n) is 5.03. The average Bonchev–Trinajstić information content (AvgIpc) is 2.48. The highest BCUT2D eigenvalue weighted by Gasteiger charge is 2.28. The summed E-state index contributed by atoms with van der Waals surface area (Å²) in [5.74, 6) is 1.59. The number of hydrogen-bond acceptors (Lipinski definition) is 0. The van der Waals surface area contributed by atoms with E-state index in [1.54, 1.807) is 0 Å². The van der Waals surface area contributed by atoms with Crippen molar-refractivity contribution in [3.8, 4) is 0 Å². The minimum atomic E-state index is 0.793. The van der Waals surface area contributed by atoms with Gasteiger partial charge < -0.3 is 0 Å². The summed E-state index contributed by atoms with van der Waals surface area (Å²) >= 11 is 0. The van der Waals surface area contributed by atoms with Crippen LogP contribution >= 0.6 is 0 Å². The van der Waals surface area contributed by atoms with Crippen molar-refractivity contribution < 1.29 is 0 Å². The highest BCUT2D eigenvalue weighted by molar-refractivity contribution is 6.07. The third kappa shape index (κ3) is 1.37. The van der Waals surface area contributed by atoms with Gasteiger partial charge in [0.15, 0.2) is 0 Å². The van der Waals surface area contributed by atoms with E-state index in [0.29, 0.717) is 0 Å². The molecule has 0 heteroatoms. The third-order valence-corrected chi connectivity index (χ3v) is 5.03. The van der Waals surface area contributed by atoms with Gasteiger partial charge in [-0.15, -0.1) is 0 Å². The Morgan fingerprint density at radius 3 is 2.40 bits per heavy atom. The summed E-state index contributed by atoms with van der Waals surface area (Å²) < 4.78 is 0.